The molecule has 0 radical (unpaired) electrons. The average molecular weight is 405 g/mol. The lowest BCUT2D eigenvalue weighted by Crippen LogP contribution is -2.43. The molecule has 2 aliphatic rings. The minimum absolute atomic E-state index is 0.224. The van der Waals surface area contributed by atoms with Crippen molar-refractivity contribution in [2.24, 2.45) is 4.99 Å². The molecule has 1 unspecified atom stereocenters. The van der Waals surface area contributed by atoms with Crippen LogP contribution < -0.4 is 10.6 Å². The second-order valence-electron chi connectivity index (χ2n) is 8.27. The second-order valence-corrected chi connectivity index (χ2v) is 8.27. The van der Waals surface area contributed by atoms with E-state index < -0.39 is 0 Å². The highest BCUT2D eigenvalue weighted by atomic mass is 16.3. The van der Waals surface area contributed by atoms with E-state index in [0.717, 1.165) is 64.1 Å². The van der Waals surface area contributed by atoms with Crippen molar-refractivity contribution in [2.45, 2.75) is 38.6 Å². The van der Waals surface area contributed by atoms with Crippen LogP contribution >= 0.6 is 0 Å². The van der Waals surface area contributed by atoms with Gasteiger partial charge in [-0.05, 0) is 71.5 Å². The zero-order chi connectivity index (χ0) is 20.3. The van der Waals surface area contributed by atoms with Crippen LogP contribution in [0.4, 0.5) is 0 Å². The minimum atomic E-state index is 0.224. The summed E-state index contributed by atoms with van der Waals surface area (Å²) in [5.74, 6) is 1.94. The topological polar surface area (TPSA) is 59.3 Å². The SMILES string of the molecule is CCNC(=NCC(c1ccco1)N1CCCCC1)NCCN1CCCN(C)CC1. The Balaban J connectivity index is 1.53. The molecular weight excluding hydrogens is 364 g/mol. The largest absolute Gasteiger partial charge is 0.468 e. The lowest BCUT2D eigenvalue weighted by Gasteiger charge is -2.32. The van der Waals surface area contributed by atoms with Crippen molar-refractivity contribution in [3.63, 3.8) is 0 Å². The lowest BCUT2D eigenvalue weighted by atomic mass is 10.1. The zero-order valence-corrected chi connectivity index (χ0v) is 18.4. The van der Waals surface area contributed by atoms with Gasteiger partial charge in [0, 0.05) is 32.7 Å². The Hall–Kier alpha value is -1.57. The number of nitrogens with one attached hydrogen (secondary N) is 2. The standard InChI is InChI=1S/C22H40N6O/c1-3-23-22(24-10-15-27-12-8-11-26(2)16-17-27)25-19-20(21-9-7-18-29-21)28-13-5-4-6-14-28/h7,9,18,20H,3-6,8,10-17,19H2,1-2H3,(H2,23,24,25). The molecule has 7 heteroatoms. The summed E-state index contributed by atoms with van der Waals surface area (Å²) in [6.45, 7) is 12.7. The minimum Gasteiger partial charge on any atom is -0.468 e. The quantitative estimate of drug-likeness (QED) is 0.511. The maximum Gasteiger partial charge on any atom is 0.191 e. The van der Waals surface area contributed by atoms with Crippen molar-refractivity contribution in [3.8, 4) is 0 Å². The third-order valence-electron chi connectivity index (χ3n) is 6.00. The van der Waals surface area contributed by atoms with E-state index >= 15 is 0 Å². The molecule has 2 saturated heterocycles. The number of guanidine groups is 1. The Morgan fingerprint density at radius 3 is 2.69 bits per heavy atom. The molecule has 1 atom stereocenters. The van der Waals surface area contributed by atoms with E-state index in [1.807, 2.05) is 6.07 Å². The maximum atomic E-state index is 5.76. The molecule has 0 bridgehead atoms. The molecule has 3 heterocycles. The first-order valence-electron chi connectivity index (χ1n) is 11.5. The van der Waals surface area contributed by atoms with Crippen LogP contribution in [-0.2, 0) is 0 Å². The van der Waals surface area contributed by atoms with Gasteiger partial charge in [-0.2, -0.15) is 0 Å². The maximum absolute atomic E-state index is 5.76. The van der Waals surface area contributed by atoms with Gasteiger partial charge in [0.05, 0.1) is 18.8 Å². The van der Waals surface area contributed by atoms with Gasteiger partial charge in [-0.1, -0.05) is 6.42 Å². The van der Waals surface area contributed by atoms with Crippen molar-refractivity contribution < 1.29 is 4.42 Å². The van der Waals surface area contributed by atoms with Crippen LogP contribution in [-0.4, -0.2) is 93.2 Å². The third kappa shape index (κ3) is 7.32. The summed E-state index contributed by atoms with van der Waals surface area (Å²) in [5.41, 5.74) is 0. The molecule has 29 heavy (non-hydrogen) atoms. The predicted octanol–water partition coefficient (Wildman–Crippen LogP) is 2.00. The normalized spacial score (nSPS) is 21.7. The first-order chi connectivity index (χ1) is 14.3. The molecule has 2 fully saturated rings. The number of rotatable bonds is 8. The van der Waals surface area contributed by atoms with Gasteiger partial charge in [0.15, 0.2) is 5.96 Å². The van der Waals surface area contributed by atoms with Crippen LogP contribution in [0.15, 0.2) is 27.8 Å². The number of likely N-dealkylation sites (tertiary alicyclic amines) is 1. The lowest BCUT2D eigenvalue weighted by molar-refractivity contribution is 0.150. The average Bonchev–Trinajstić information content (AvgIpc) is 3.19. The smallest absolute Gasteiger partial charge is 0.191 e. The number of hydrogen-bond donors (Lipinski definition) is 2. The van der Waals surface area contributed by atoms with E-state index in [-0.39, 0.29) is 6.04 Å². The molecule has 164 valence electrons. The molecule has 2 aliphatic heterocycles. The van der Waals surface area contributed by atoms with Crippen LogP contribution in [0.25, 0.3) is 0 Å². The van der Waals surface area contributed by atoms with Gasteiger partial charge in [0.25, 0.3) is 0 Å². The zero-order valence-electron chi connectivity index (χ0n) is 18.4. The second kappa shape index (κ2) is 12.2. The summed E-state index contributed by atoms with van der Waals surface area (Å²) in [4.78, 5) is 12.4. The van der Waals surface area contributed by atoms with Gasteiger partial charge < -0.3 is 24.9 Å². The summed E-state index contributed by atoms with van der Waals surface area (Å²) in [7, 11) is 2.22. The molecule has 0 aromatic carbocycles. The van der Waals surface area contributed by atoms with E-state index in [4.69, 9.17) is 9.41 Å². The highest BCUT2D eigenvalue weighted by Gasteiger charge is 2.24. The van der Waals surface area contributed by atoms with Crippen molar-refractivity contribution in [1.82, 2.24) is 25.3 Å². The first kappa shape index (κ1) is 22.1. The number of nitrogens with zero attached hydrogens (tertiary/aromatic N) is 4. The molecule has 0 saturated carbocycles. The van der Waals surface area contributed by atoms with E-state index in [0.29, 0.717) is 0 Å². The van der Waals surface area contributed by atoms with Crippen molar-refractivity contribution in [1.29, 1.82) is 0 Å². The molecule has 0 aliphatic carbocycles. The summed E-state index contributed by atoms with van der Waals surface area (Å²) in [6, 6.07) is 4.30. The van der Waals surface area contributed by atoms with Gasteiger partial charge in [-0.3, -0.25) is 9.89 Å². The molecule has 0 spiro atoms. The van der Waals surface area contributed by atoms with Crippen LogP contribution in [0.1, 0.15) is 44.4 Å². The predicted molar refractivity (Wildman–Crippen MR) is 119 cm³/mol. The van der Waals surface area contributed by atoms with Gasteiger partial charge in [0.2, 0.25) is 0 Å². The first-order valence-corrected chi connectivity index (χ1v) is 11.5. The Kier molecular flexibility index (Phi) is 9.31. The number of piperidine rings is 1. The monoisotopic (exact) mass is 404 g/mol. The fourth-order valence-corrected chi connectivity index (χ4v) is 4.27. The Morgan fingerprint density at radius 1 is 1.07 bits per heavy atom. The van der Waals surface area contributed by atoms with Gasteiger partial charge in [-0.15, -0.1) is 0 Å². The van der Waals surface area contributed by atoms with Crippen LogP contribution in [0, 0.1) is 0 Å². The molecule has 1 aromatic heterocycles. The van der Waals surface area contributed by atoms with Crippen LogP contribution in [0.5, 0.6) is 0 Å². The third-order valence-corrected chi connectivity index (χ3v) is 6.00. The number of furan rings is 1. The summed E-state index contributed by atoms with van der Waals surface area (Å²) in [5, 5.41) is 6.94. The fourth-order valence-electron chi connectivity index (χ4n) is 4.27. The van der Waals surface area contributed by atoms with E-state index in [2.05, 4.69) is 45.4 Å². The Bertz CT molecular complexity index is 584. The van der Waals surface area contributed by atoms with Gasteiger partial charge in [0.1, 0.15) is 5.76 Å². The number of aliphatic imine (C=N–C) groups is 1. The van der Waals surface area contributed by atoms with Gasteiger partial charge >= 0.3 is 0 Å². The van der Waals surface area contributed by atoms with Gasteiger partial charge in [-0.25, -0.2) is 0 Å². The number of likely N-dealkylation sites (N-methyl/N-ethyl adjacent to an activating group) is 1. The van der Waals surface area contributed by atoms with Crippen molar-refractivity contribution >= 4 is 5.96 Å². The summed E-state index contributed by atoms with van der Waals surface area (Å²) in [6.07, 6.45) is 6.90. The number of hydrogen-bond acceptors (Lipinski definition) is 5. The molecule has 0 amide bonds. The molecular formula is C22H40N6O. The van der Waals surface area contributed by atoms with E-state index in [9.17, 15) is 0 Å². The van der Waals surface area contributed by atoms with Crippen molar-refractivity contribution in [2.75, 3.05) is 72.5 Å². The summed E-state index contributed by atoms with van der Waals surface area (Å²) < 4.78 is 5.76. The van der Waals surface area contributed by atoms with Crippen LogP contribution in [0.2, 0.25) is 0 Å². The van der Waals surface area contributed by atoms with E-state index in [1.54, 1.807) is 6.26 Å². The molecule has 3 rings (SSSR count). The Labute approximate surface area is 176 Å². The Morgan fingerprint density at radius 2 is 1.93 bits per heavy atom. The van der Waals surface area contributed by atoms with E-state index in [1.165, 1.54) is 38.8 Å². The molecule has 1 aromatic rings. The highest BCUT2D eigenvalue weighted by molar-refractivity contribution is 5.79. The fraction of sp³-hybridized carbons (Fsp3) is 0.773. The molecule has 7 nitrogen and oxygen atoms in total. The summed E-state index contributed by atoms with van der Waals surface area (Å²) >= 11 is 0. The van der Waals surface area contributed by atoms with Crippen LogP contribution in [0.3, 0.4) is 0 Å². The highest BCUT2D eigenvalue weighted by Crippen LogP contribution is 2.25. The molecule has 2 N–H and O–H groups in total. The van der Waals surface area contributed by atoms with Crippen molar-refractivity contribution in [3.05, 3.63) is 24.2 Å².